The van der Waals surface area contributed by atoms with Crippen LogP contribution in [-0.4, -0.2) is 9.55 Å². The molecule has 3 heteroatoms. The minimum absolute atomic E-state index is 0.00704. The molecule has 0 N–H and O–H groups in total. The Balaban J connectivity index is 2.96. The van der Waals surface area contributed by atoms with Gasteiger partial charge >= 0.3 is 0 Å². The van der Waals surface area contributed by atoms with Gasteiger partial charge in [-0.05, 0) is 20.8 Å². The van der Waals surface area contributed by atoms with Crippen molar-refractivity contribution < 1.29 is 0 Å². The first-order valence-electron chi connectivity index (χ1n) is 3.79. The smallest absolute Gasteiger partial charge is 0.126 e. The Morgan fingerprint density at radius 3 is 2.45 bits per heavy atom. The Labute approximate surface area is 72.2 Å². The number of aromatic nitrogens is 2. The predicted octanol–water partition coefficient (Wildman–Crippen LogP) is 2.76. The van der Waals surface area contributed by atoms with Gasteiger partial charge in [0.05, 0.1) is 5.38 Å². The summed E-state index contributed by atoms with van der Waals surface area (Å²) in [6, 6.07) is 0.439. The highest BCUT2D eigenvalue weighted by molar-refractivity contribution is 6.20. The summed E-state index contributed by atoms with van der Waals surface area (Å²) in [6.07, 6.45) is 3.74. The summed E-state index contributed by atoms with van der Waals surface area (Å²) in [6.45, 7) is 6.16. The fourth-order valence-corrected chi connectivity index (χ4v) is 1.24. The highest BCUT2D eigenvalue weighted by Crippen LogP contribution is 2.20. The number of hydrogen-bond donors (Lipinski definition) is 0. The molecule has 0 aliphatic carbocycles. The van der Waals surface area contributed by atoms with Crippen LogP contribution in [0.1, 0.15) is 38.0 Å². The van der Waals surface area contributed by atoms with E-state index < -0.39 is 0 Å². The molecule has 0 aromatic carbocycles. The number of hydrogen-bond acceptors (Lipinski definition) is 1. The molecule has 1 aromatic heterocycles. The standard InChI is InChI=1S/C8H13ClN2/c1-6(2)11-5-4-10-8(11)7(3)9/h4-7H,1-3H3/t7-/m1/s1. The van der Waals surface area contributed by atoms with E-state index in [0.717, 1.165) is 5.82 Å². The van der Waals surface area contributed by atoms with Gasteiger partial charge < -0.3 is 4.57 Å². The van der Waals surface area contributed by atoms with E-state index in [4.69, 9.17) is 11.6 Å². The van der Waals surface area contributed by atoms with Gasteiger partial charge in [-0.25, -0.2) is 4.98 Å². The maximum Gasteiger partial charge on any atom is 0.126 e. The van der Waals surface area contributed by atoms with Gasteiger partial charge in [0.15, 0.2) is 0 Å². The van der Waals surface area contributed by atoms with Crippen molar-refractivity contribution in [3.05, 3.63) is 18.2 Å². The lowest BCUT2D eigenvalue weighted by molar-refractivity contribution is 0.568. The van der Waals surface area contributed by atoms with Crippen molar-refractivity contribution in [1.29, 1.82) is 0 Å². The zero-order valence-corrected chi connectivity index (χ0v) is 7.84. The van der Waals surface area contributed by atoms with Gasteiger partial charge in [0.1, 0.15) is 5.82 Å². The molecule has 1 atom stereocenters. The minimum Gasteiger partial charge on any atom is -0.331 e. The molecular weight excluding hydrogens is 160 g/mol. The van der Waals surface area contributed by atoms with E-state index in [9.17, 15) is 0 Å². The van der Waals surface area contributed by atoms with Crippen molar-refractivity contribution in [3.63, 3.8) is 0 Å². The fraction of sp³-hybridized carbons (Fsp3) is 0.625. The largest absolute Gasteiger partial charge is 0.331 e. The van der Waals surface area contributed by atoms with Gasteiger partial charge in [-0.3, -0.25) is 0 Å². The average molecular weight is 173 g/mol. The molecule has 0 amide bonds. The van der Waals surface area contributed by atoms with Gasteiger partial charge in [-0.1, -0.05) is 0 Å². The summed E-state index contributed by atoms with van der Waals surface area (Å²) in [5.74, 6) is 0.946. The second-order valence-corrected chi connectivity index (χ2v) is 3.56. The Kier molecular flexibility index (Phi) is 2.55. The predicted molar refractivity (Wildman–Crippen MR) is 46.9 cm³/mol. The Hall–Kier alpha value is -0.500. The lowest BCUT2D eigenvalue weighted by Crippen LogP contribution is -2.05. The summed E-state index contributed by atoms with van der Waals surface area (Å²) in [5, 5.41) is -0.00704. The van der Waals surface area contributed by atoms with Gasteiger partial charge in [0, 0.05) is 18.4 Å². The molecule has 0 saturated carbocycles. The number of rotatable bonds is 2. The van der Waals surface area contributed by atoms with Gasteiger partial charge in [0.25, 0.3) is 0 Å². The zero-order valence-electron chi connectivity index (χ0n) is 7.08. The summed E-state index contributed by atoms with van der Waals surface area (Å²) in [7, 11) is 0. The molecule has 0 bridgehead atoms. The normalized spacial score (nSPS) is 13.9. The van der Waals surface area contributed by atoms with Gasteiger partial charge in [-0.2, -0.15) is 0 Å². The molecule has 1 aromatic rings. The first-order chi connectivity index (χ1) is 5.13. The summed E-state index contributed by atoms with van der Waals surface area (Å²) in [4.78, 5) is 4.17. The highest BCUT2D eigenvalue weighted by atomic mass is 35.5. The van der Waals surface area contributed by atoms with Crippen molar-refractivity contribution >= 4 is 11.6 Å². The maximum atomic E-state index is 5.91. The number of nitrogens with zero attached hydrogens (tertiary/aromatic N) is 2. The lowest BCUT2D eigenvalue weighted by Gasteiger charge is -2.11. The van der Waals surface area contributed by atoms with Crippen LogP contribution in [0.5, 0.6) is 0 Å². The van der Waals surface area contributed by atoms with Crippen molar-refractivity contribution in [2.24, 2.45) is 0 Å². The van der Waals surface area contributed by atoms with Crippen LogP contribution in [0.25, 0.3) is 0 Å². The quantitative estimate of drug-likeness (QED) is 0.628. The van der Waals surface area contributed by atoms with E-state index in [1.165, 1.54) is 0 Å². The SMILES string of the molecule is CC(C)n1ccnc1[C@@H](C)Cl. The molecule has 0 fully saturated rings. The Morgan fingerprint density at radius 2 is 2.09 bits per heavy atom. The molecule has 0 aliphatic heterocycles. The third-order valence-electron chi connectivity index (χ3n) is 1.61. The van der Waals surface area contributed by atoms with Crippen LogP contribution in [0.3, 0.4) is 0 Å². The van der Waals surface area contributed by atoms with E-state index in [2.05, 4.69) is 23.4 Å². The first-order valence-corrected chi connectivity index (χ1v) is 4.23. The first kappa shape index (κ1) is 8.60. The molecule has 0 radical (unpaired) electrons. The molecule has 0 aliphatic rings. The molecular formula is C8H13ClN2. The Morgan fingerprint density at radius 1 is 1.45 bits per heavy atom. The van der Waals surface area contributed by atoms with Gasteiger partial charge in [-0.15, -0.1) is 11.6 Å². The average Bonchev–Trinajstić information content (AvgIpc) is 2.32. The number of halogens is 1. The van der Waals surface area contributed by atoms with Crippen LogP contribution in [0.15, 0.2) is 12.4 Å². The second-order valence-electron chi connectivity index (χ2n) is 2.90. The molecule has 0 unspecified atom stereocenters. The molecule has 1 rings (SSSR count). The second kappa shape index (κ2) is 3.26. The summed E-state index contributed by atoms with van der Waals surface area (Å²) >= 11 is 5.91. The van der Waals surface area contributed by atoms with Crippen LogP contribution in [-0.2, 0) is 0 Å². The summed E-state index contributed by atoms with van der Waals surface area (Å²) in [5.41, 5.74) is 0. The van der Waals surface area contributed by atoms with Crippen LogP contribution in [0.2, 0.25) is 0 Å². The molecule has 2 nitrogen and oxygen atoms in total. The van der Waals surface area contributed by atoms with Crippen LogP contribution in [0, 0.1) is 0 Å². The molecule has 0 spiro atoms. The van der Waals surface area contributed by atoms with Crippen molar-refractivity contribution in [2.75, 3.05) is 0 Å². The monoisotopic (exact) mass is 172 g/mol. The van der Waals surface area contributed by atoms with Crippen molar-refractivity contribution in [2.45, 2.75) is 32.2 Å². The minimum atomic E-state index is -0.00704. The summed E-state index contributed by atoms with van der Waals surface area (Å²) < 4.78 is 2.08. The third kappa shape index (κ3) is 1.74. The molecule has 0 saturated heterocycles. The van der Waals surface area contributed by atoms with Crippen molar-refractivity contribution in [1.82, 2.24) is 9.55 Å². The van der Waals surface area contributed by atoms with Crippen LogP contribution in [0.4, 0.5) is 0 Å². The third-order valence-corrected chi connectivity index (χ3v) is 1.81. The number of alkyl halides is 1. The van der Waals surface area contributed by atoms with Crippen molar-refractivity contribution in [3.8, 4) is 0 Å². The van der Waals surface area contributed by atoms with Crippen LogP contribution < -0.4 is 0 Å². The van der Waals surface area contributed by atoms with Gasteiger partial charge in [0.2, 0.25) is 0 Å². The van der Waals surface area contributed by atoms with E-state index in [-0.39, 0.29) is 5.38 Å². The number of imidazole rings is 1. The molecule has 62 valence electrons. The molecule has 11 heavy (non-hydrogen) atoms. The zero-order chi connectivity index (χ0) is 8.43. The van der Waals surface area contributed by atoms with E-state index >= 15 is 0 Å². The van der Waals surface area contributed by atoms with Crippen LogP contribution >= 0.6 is 11.6 Å². The lowest BCUT2D eigenvalue weighted by atomic mass is 10.3. The fourth-order valence-electron chi connectivity index (χ4n) is 1.07. The highest BCUT2D eigenvalue weighted by Gasteiger charge is 2.09. The maximum absolute atomic E-state index is 5.91. The van der Waals surface area contributed by atoms with E-state index in [0.29, 0.717) is 6.04 Å². The van der Waals surface area contributed by atoms with E-state index in [1.807, 2.05) is 13.1 Å². The van der Waals surface area contributed by atoms with E-state index in [1.54, 1.807) is 6.20 Å². The Bertz CT molecular complexity index is 205. The molecule has 1 heterocycles. The topological polar surface area (TPSA) is 17.8 Å².